The summed E-state index contributed by atoms with van der Waals surface area (Å²) in [5.41, 5.74) is 0.285. The molecule has 2 aliphatic rings. The van der Waals surface area contributed by atoms with Crippen molar-refractivity contribution in [2.24, 2.45) is 0 Å². The Morgan fingerprint density at radius 1 is 1.10 bits per heavy atom. The van der Waals surface area contributed by atoms with Crippen molar-refractivity contribution in [1.82, 2.24) is 14.9 Å². The molecule has 6 nitrogen and oxygen atoms in total. The molecule has 0 spiro atoms. The number of rotatable bonds is 5. The molecule has 1 aromatic carbocycles. The molecule has 0 saturated carbocycles. The predicted molar refractivity (Wildman–Crippen MR) is 109 cm³/mol. The number of likely N-dealkylation sites (N-methyl/N-ethyl adjacent to an activating group) is 1. The summed E-state index contributed by atoms with van der Waals surface area (Å²) >= 11 is 0. The number of likely N-dealkylation sites (tertiary alicyclic amines) is 1. The van der Waals surface area contributed by atoms with E-state index >= 15 is 0 Å². The molecule has 0 amide bonds. The van der Waals surface area contributed by atoms with Gasteiger partial charge in [0.1, 0.15) is 5.82 Å². The van der Waals surface area contributed by atoms with Crippen LogP contribution >= 0.6 is 0 Å². The van der Waals surface area contributed by atoms with E-state index in [-0.39, 0.29) is 0 Å². The van der Waals surface area contributed by atoms with E-state index in [0.717, 1.165) is 62.1 Å². The monoisotopic (exact) mass is 421 g/mol. The van der Waals surface area contributed by atoms with Crippen LogP contribution in [0.4, 0.5) is 24.9 Å². The Bertz CT molecular complexity index is 839. The van der Waals surface area contributed by atoms with Gasteiger partial charge in [0.25, 0.3) is 0 Å². The summed E-state index contributed by atoms with van der Waals surface area (Å²) in [5, 5.41) is 0. The lowest BCUT2D eigenvalue weighted by Crippen LogP contribution is -2.38. The summed E-state index contributed by atoms with van der Waals surface area (Å²) < 4.78 is 43.6. The number of morpholine rings is 1. The van der Waals surface area contributed by atoms with Crippen LogP contribution in [0.5, 0.6) is 0 Å². The van der Waals surface area contributed by atoms with E-state index < -0.39 is 11.7 Å². The molecule has 2 saturated heterocycles. The Balaban J connectivity index is 1.36. The fourth-order valence-corrected chi connectivity index (χ4v) is 3.97. The maximum atomic E-state index is 12.7. The molecular weight excluding hydrogens is 395 g/mol. The Labute approximate surface area is 174 Å². The fourth-order valence-electron chi connectivity index (χ4n) is 3.97. The minimum atomic E-state index is -4.29. The first-order valence-corrected chi connectivity index (χ1v) is 10.2. The molecule has 3 heterocycles. The lowest BCUT2D eigenvalue weighted by molar-refractivity contribution is -0.137. The summed E-state index contributed by atoms with van der Waals surface area (Å²) in [5.74, 6) is 1.61. The molecule has 9 heteroatoms. The van der Waals surface area contributed by atoms with Gasteiger partial charge < -0.3 is 14.5 Å². The molecular formula is C21H26F3N5O. The first-order chi connectivity index (χ1) is 14.4. The van der Waals surface area contributed by atoms with Crippen molar-refractivity contribution in [3.63, 3.8) is 0 Å². The Kier molecular flexibility index (Phi) is 6.10. The quantitative estimate of drug-likeness (QED) is 0.740. The van der Waals surface area contributed by atoms with Crippen molar-refractivity contribution in [1.29, 1.82) is 0 Å². The largest absolute Gasteiger partial charge is 0.416 e. The predicted octanol–water partition coefficient (Wildman–Crippen LogP) is 3.04. The zero-order valence-corrected chi connectivity index (χ0v) is 17.0. The number of hydrogen-bond donors (Lipinski definition) is 0. The van der Waals surface area contributed by atoms with Crippen LogP contribution in [0.2, 0.25) is 0 Å². The fraction of sp³-hybridized carbons (Fsp3) is 0.524. The van der Waals surface area contributed by atoms with E-state index in [2.05, 4.69) is 19.7 Å². The zero-order chi connectivity index (χ0) is 21.1. The third-order valence-electron chi connectivity index (χ3n) is 5.77. The van der Waals surface area contributed by atoms with Crippen LogP contribution in [0.3, 0.4) is 0 Å². The van der Waals surface area contributed by atoms with Crippen molar-refractivity contribution in [2.45, 2.75) is 25.2 Å². The van der Waals surface area contributed by atoms with Crippen LogP contribution in [-0.4, -0.2) is 67.4 Å². The van der Waals surface area contributed by atoms with Crippen molar-refractivity contribution < 1.29 is 17.9 Å². The van der Waals surface area contributed by atoms with Gasteiger partial charge in [-0.15, -0.1) is 0 Å². The Hall–Kier alpha value is -2.39. The molecule has 0 aliphatic carbocycles. The molecule has 2 aliphatic heterocycles. The molecule has 0 bridgehead atoms. The smallest absolute Gasteiger partial charge is 0.378 e. The van der Waals surface area contributed by atoms with Gasteiger partial charge in [-0.3, -0.25) is 4.90 Å². The minimum Gasteiger partial charge on any atom is -0.378 e. The highest BCUT2D eigenvalue weighted by Crippen LogP contribution is 2.29. The molecule has 2 fully saturated rings. The van der Waals surface area contributed by atoms with Crippen LogP contribution < -0.4 is 9.80 Å². The maximum Gasteiger partial charge on any atom is 0.416 e. The summed E-state index contributed by atoms with van der Waals surface area (Å²) in [7, 11) is 2.04. The number of aromatic nitrogens is 2. The zero-order valence-electron chi connectivity index (χ0n) is 17.0. The van der Waals surface area contributed by atoms with E-state index in [9.17, 15) is 13.2 Å². The molecule has 162 valence electrons. The number of hydrogen-bond acceptors (Lipinski definition) is 6. The van der Waals surface area contributed by atoms with Crippen molar-refractivity contribution >= 4 is 11.8 Å². The summed E-state index contributed by atoms with van der Waals surface area (Å²) in [6.07, 6.45) is -1.52. The number of halogens is 3. The highest BCUT2D eigenvalue weighted by Gasteiger charge is 2.30. The first kappa shape index (κ1) is 20.9. The second-order valence-corrected chi connectivity index (χ2v) is 7.80. The van der Waals surface area contributed by atoms with Crippen molar-refractivity contribution in [3.05, 3.63) is 47.7 Å². The van der Waals surface area contributed by atoms with Gasteiger partial charge in [0.15, 0.2) is 0 Å². The van der Waals surface area contributed by atoms with E-state index in [1.54, 1.807) is 18.3 Å². The lowest BCUT2D eigenvalue weighted by Gasteiger charge is -2.29. The summed E-state index contributed by atoms with van der Waals surface area (Å²) in [4.78, 5) is 15.7. The van der Waals surface area contributed by atoms with Gasteiger partial charge in [-0.1, -0.05) is 12.1 Å². The van der Waals surface area contributed by atoms with Gasteiger partial charge in [-0.25, -0.2) is 4.98 Å². The molecule has 1 atom stereocenters. The first-order valence-electron chi connectivity index (χ1n) is 10.2. The van der Waals surface area contributed by atoms with E-state index in [4.69, 9.17) is 9.72 Å². The minimum absolute atomic E-state index is 0.298. The van der Waals surface area contributed by atoms with Gasteiger partial charge in [0, 0.05) is 52.0 Å². The van der Waals surface area contributed by atoms with Gasteiger partial charge in [0.05, 0.1) is 18.8 Å². The molecule has 0 N–H and O–H groups in total. The van der Waals surface area contributed by atoms with Crippen molar-refractivity contribution in [3.8, 4) is 0 Å². The molecule has 30 heavy (non-hydrogen) atoms. The van der Waals surface area contributed by atoms with Gasteiger partial charge in [0.2, 0.25) is 5.95 Å². The lowest BCUT2D eigenvalue weighted by atomic mass is 10.1. The second-order valence-electron chi connectivity index (χ2n) is 7.80. The normalized spacial score (nSPS) is 20.5. The average Bonchev–Trinajstić information content (AvgIpc) is 3.22. The Morgan fingerprint density at radius 2 is 1.83 bits per heavy atom. The van der Waals surface area contributed by atoms with Crippen molar-refractivity contribution in [2.75, 3.05) is 56.2 Å². The van der Waals surface area contributed by atoms with Crippen LogP contribution in [0.1, 0.15) is 17.5 Å². The number of benzene rings is 1. The van der Waals surface area contributed by atoms with E-state index in [0.29, 0.717) is 25.8 Å². The number of alkyl halides is 3. The third kappa shape index (κ3) is 4.84. The van der Waals surface area contributed by atoms with Gasteiger partial charge in [-0.05, 0) is 30.2 Å². The third-order valence-corrected chi connectivity index (χ3v) is 5.77. The molecule has 1 unspecified atom stereocenters. The number of nitrogens with zero attached hydrogens (tertiary/aromatic N) is 5. The number of anilines is 2. The molecule has 1 aromatic heterocycles. The summed E-state index contributed by atoms with van der Waals surface area (Å²) in [6.45, 7) is 5.34. The Morgan fingerprint density at radius 3 is 2.53 bits per heavy atom. The SMILES string of the molecule is CN(c1ccnc(N2CCOCC2)n1)C1CCN(Cc2ccc(C(F)(F)F)cc2)C1. The van der Waals surface area contributed by atoms with Gasteiger partial charge >= 0.3 is 6.18 Å². The highest BCUT2D eigenvalue weighted by atomic mass is 19.4. The van der Waals surface area contributed by atoms with Crippen LogP contribution in [-0.2, 0) is 17.5 Å². The van der Waals surface area contributed by atoms with E-state index in [1.165, 1.54) is 0 Å². The number of ether oxygens (including phenoxy) is 1. The highest BCUT2D eigenvalue weighted by molar-refractivity contribution is 5.44. The van der Waals surface area contributed by atoms with Gasteiger partial charge in [-0.2, -0.15) is 18.2 Å². The van der Waals surface area contributed by atoms with E-state index in [1.807, 2.05) is 13.1 Å². The van der Waals surface area contributed by atoms with Crippen LogP contribution in [0.15, 0.2) is 36.5 Å². The second kappa shape index (κ2) is 8.77. The summed E-state index contributed by atoms with van der Waals surface area (Å²) in [6, 6.07) is 7.67. The molecule has 2 aromatic rings. The topological polar surface area (TPSA) is 44.7 Å². The molecule has 0 radical (unpaired) electrons. The average molecular weight is 421 g/mol. The standard InChI is InChI=1S/C21H26F3N5O/c1-27(19-6-8-25-20(26-19)29-10-12-30-13-11-29)18-7-9-28(15-18)14-16-2-4-17(5-3-16)21(22,23)24/h2-6,8,18H,7,9-15H2,1H3. The van der Waals surface area contributed by atoms with Crippen LogP contribution in [0, 0.1) is 0 Å². The molecule has 4 rings (SSSR count). The maximum absolute atomic E-state index is 12.7. The van der Waals surface area contributed by atoms with Crippen LogP contribution in [0.25, 0.3) is 0 Å².